The summed E-state index contributed by atoms with van der Waals surface area (Å²) in [6, 6.07) is 86.1. The van der Waals surface area contributed by atoms with Crippen LogP contribution in [0.5, 0.6) is 0 Å². The summed E-state index contributed by atoms with van der Waals surface area (Å²) in [5.74, 6) is 0. The second-order valence-corrected chi connectivity index (χ2v) is 16.4. The van der Waals surface area contributed by atoms with Crippen LogP contribution in [0.15, 0.2) is 237 Å². The van der Waals surface area contributed by atoms with E-state index in [2.05, 4.69) is 241 Å². The van der Waals surface area contributed by atoms with Gasteiger partial charge in [0.15, 0.2) is 0 Å². The number of para-hydroxylation sites is 1. The van der Waals surface area contributed by atoms with Crippen LogP contribution >= 0.6 is 11.3 Å². The highest BCUT2D eigenvalue weighted by atomic mass is 32.1. The van der Waals surface area contributed by atoms with Crippen molar-refractivity contribution in [3.05, 3.63) is 237 Å². The molecule has 0 spiro atoms. The lowest BCUT2D eigenvalue weighted by Crippen LogP contribution is -2.11. The third-order valence-electron chi connectivity index (χ3n) is 11.7. The van der Waals surface area contributed by atoms with Crippen LogP contribution in [0.4, 0.5) is 17.1 Å². The Labute approximate surface area is 354 Å². The fourth-order valence-corrected chi connectivity index (χ4v) is 9.89. The molecule has 11 rings (SSSR count). The van der Waals surface area contributed by atoms with Gasteiger partial charge in [-0.2, -0.15) is 0 Å². The molecule has 2 heteroatoms. The maximum absolute atomic E-state index is 2.41. The minimum atomic E-state index is 1.09. The molecule has 0 aliphatic carbocycles. The predicted molar refractivity (Wildman–Crippen MR) is 259 cm³/mol. The van der Waals surface area contributed by atoms with Crippen LogP contribution in [0.25, 0.3) is 86.6 Å². The molecule has 0 bridgehead atoms. The summed E-state index contributed by atoms with van der Waals surface area (Å²) < 4.78 is 2.61. The number of fused-ring (bicyclic) bond motifs is 4. The van der Waals surface area contributed by atoms with Crippen molar-refractivity contribution in [2.24, 2.45) is 0 Å². The lowest BCUT2D eigenvalue weighted by molar-refractivity contribution is 1.28. The van der Waals surface area contributed by atoms with E-state index in [1.807, 2.05) is 11.3 Å². The molecule has 0 aliphatic rings. The first kappa shape index (κ1) is 35.6. The molecule has 60 heavy (non-hydrogen) atoms. The van der Waals surface area contributed by atoms with Crippen LogP contribution in [0.3, 0.4) is 0 Å². The highest BCUT2D eigenvalue weighted by Gasteiger charge is 2.19. The van der Waals surface area contributed by atoms with Gasteiger partial charge in [-0.1, -0.05) is 194 Å². The van der Waals surface area contributed by atoms with Gasteiger partial charge in [0.1, 0.15) is 0 Å². The van der Waals surface area contributed by atoms with E-state index in [4.69, 9.17) is 0 Å². The van der Waals surface area contributed by atoms with Gasteiger partial charge in [-0.05, 0) is 103 Å². The molecular weight excluding hydrogens is 743 g/mol. The predicted octanol–water partition coefficient (Wildman–Crippen LogP) is 17.0. The minimum Gasteiger partial charge on any atom is -0.310 e. The third-order valence-corrected chi connectivity index (χ3v) is 12.9. The van der Waals surface area contributed by atoms with Crippen LogP contribution in [0.1, 0.15) is 0 Å². The van der Waals surface area contributed by atoms with Crippen LogP contribution in [0, 0.1) is 0 Å². The van der Waals surface area contributed by atoms with Gasteiger partial charge < -0.3 is 4.90 Å². The summed E-state index contributed by atoms with van der Waals surface area (Å²) in [5.41, 5.74) is 15.4. The Hall–Kier alpha value is -7.52. The average molecular weight is 782 g/mol. The molecule has 0 atom stereocenters. The first-order valence-electron chi connectivity index (χ1n) is 20.5. The molecule has 0 fully saturated rings. The smallest absolute Gasteiger partial charge is 0.0540 e. The maximum Gasteiger partial charge on any atom is 0.0540 e. The third kappa shape index (κ3) is 6.54. The van der Waals surface area contributed by atoms with Crippen LogP contribution in [0.2, 0.25) is 0 Å². The normalized spacial score (nSPS) is 11.3. The Kier molecular flexibility index (Phi) is 9.11. The number of hydrogen-bond donors (Lipinski definition) is 0. The van der Waals surface area contributed by atoms with Crippen molar-refractivity contribution in [2.75, 3.05) is 4.90 Å². The quantitative estimate of drug-likeness (QED) is 0.148. The number of nitrogens with zero attached hydrogens (tertiary/aromatic N) is 1. The van der Waals surface area contributed by atoms with Gasteiger partial charge in [0.25, 0.3) is 0 Å². The van der Waals surface area contributed by atoms with Gasteiger partial charge in [-0.3, -0.25) is 0 Å². The summed E-state index contributed by atoms with van der Waals surface area (Å²) >= 11 is 1.86. The highest BCUT2D eigenvalue weighted by Crippen LogP contribution is 2.44. The molecule has 1 aromatic heterocycles. The van der Waals surface area contributed by atoms with E-state index in [1.165, 1.54) is 86.6 Å². The molecule has 0 saturated heterocycles. The highest BCUT2D eigenvalue weighted by molar-refractivity contribution is 7.25. The second-order valence-electron chi connectivity index (χ2n) is 15.3. The van der Waals surface area contributed by atoms with Crippen LogP contribution in [-0.4, -0.2) is 0 Å². The maximum atomic E-state index is 2.41. The van der Waals surface area contributed by atoms with Gasteiger partial charge in [0.2, 0.25) is 0 Å². The fourth-order valence-electron chi connectivity index (χ4n) is 8.74. The first-order valence-corrected chi connectivity index (χ1v) is 21.3. The molecule has 0 N–H and O–H groups in total. The molecule has 0 radical (unpaired) electrons. The summed E-state index contributed by atoms with van der Waals surface area (Å²) in [6.07, 6.45) is 0. The number of anilines is 3. The van der Waals surface area contributed by atoms with Crippen molar-refractivity contribution < 1.29 is 0 Å². The summed E-state index contributed by atoms with van der Waals surface area (Å²) in [7, 11) is 0. The van der Waals surface area contributed by atoms with E-state index in [9.17, 15) is 0 Å². The summed E-state index contributed by atoms with van der Waals surface area (Å²) in [4.78, 5) is 2.41. The van der Waals surface area contributed by atoms with Crippen molar-refractivity contribution in [1.29, 1.82) is 0 Å². The van der Waals surface area contributed by atoms with Crippen molar-refractivity contribution in [3.8, 4) is 55.6 Å². The second kappa shape index (κ2) is 15.3. The number of hydrogen-bond acceptors (Lipinski definition) is 2. The molecule has 0 saturated carbocycles. The Morgan fingerprint density at radius 1 is 0.267 bits per heavy atom. The van der Waals surface area contributed by atoms with Crippen LogP contribution < -0.4 is 4.90 Å². The molecule has 1 nitrogen and oxygen atoms in total. The Balaban J connectivity index is 1.01. The van der Waals surface area contributed by atoms with Crippen molar-refractivity contribution >= 4 is 59.3 Å². The van der Waals surface area contributed by atoms with Gasteiger partial charge >= 0.3 is 0 Å². The van der Waals surface area contributed by atoms with Gasteiger partial charge in [-0.25, -0.2) is 0 Å². The molecule has 0 amide bonds. The standard InChI is InChI=1S/C58H39NS/c1-2-13-40(14-3-1)41-25-27-42(28-26-41)43-29-34-47(35-30-43)59(56-23-10-8-19-51(56)46-33-38-55-54-21-9-11-24-57(54)60-58(55)39-46)48-36-31-45(32-37-48)50-18-6-7-20-52(50)53-22-12-16-44-15-4-5-17-49(44)53/h1-39H. The Bertz CT molecular complexity index is 3280. The lowest BCUT2D eigenvalue weighted by Gasteiger charge is -2.28. The lowest BCUT2D eigenvalue weighted by atomic mass is 9.91. The summed E-state index contributed by atoms with van der Waals surface area (Å²) in [5, 5.41) is 5.13. The van der Waals surface area contributed by atoms with Crippen molar-refractivity contribution in [1.82, 2.24) is 0 Å². The van der Waals surface area contributed by atoms with Gasteiger partial charge in [0.05, 0.1) is 5.69 Å². The van der Waals surface area contributed by atoms with E-state index in [1.54, 1.807) is 0 Å². The number of rotatable bonds is 8. The monoisotopic (exact) mass is 781 g/mol. The fraction of sp³-hybridized carbons (Fsp3) is 0. The summed E-state index contributed by atoms with van der Waals surface area (Å²) in [6.45, 7) is 0. The molecule has 0 aliphatic heterocycles. The van der Waals surface area contributed by atoms with Gasteiger partial charge in [0, 0.05) is 37.1 Å². The zero-order valence-electron chi connectivity index (χ0n) is 32.9. The van der Waals surface area contributed by atoms with Crippen molar-refractivity contribution in [3.63, 3.8) is 0 Å². The average Bonchev–Trinajstić information content (AvgIpc) is 3.70. The van der Waals surface area contributed by atoms with E-state index < -0.39 is 0 Å². The molecule has 11 aromatic rings. The SMILES string of the molecule is c1ccc(-c2ccc(-c3ccc(N(c4ccc(-c5ccccc5-c5cccc6ccccc56)cc4)c4ccccc4-c4ccc5c(c4)sc4ccccc45)cc3)cc2)cc1. The molecular formula is C58H39NS. The number of benzene rings is 10. The molecule has 282 valence electrons. The largest absolute Gasteiger partial charge is 0.310 e. The van der Waals surface area contributed by atoms with E-state index >= 15 is 0 Å². The topological polar surface area (TPSA) is 3.24 Å². The Morgan fingerprint density at radius 3 is 1.48 bits per heavy atom. The molecule has 10 aromatic carbocycles. The van der Waals surface area contributed by atoms with E-state index in [0.717, 1.165) is 17.1 Å². The first-order chi connectivity index (χ1) is 29.7. The zero-order valence-corrected chi connectivity index (χ0v) is 33.7. The van der Waals surface area contributed by atoms with E-state index in [-0.39, 0.29) is 0 Å². The zero-order chi connectivity index (χ0) is 39.8. The van der Waals surface area contributed by atoms with Crippen molar-refractivity contribution in [2.45, 2.75) is 0 Å². The van der Waals surface area contributed by atoms with Gasteiger partial charge in [-0.15, -0.1) is 11.3 Å². The molecule has 1 heterocycles. The number of thiophene rings is 1. The van der Waals surface area contributed by atoms with E-state index in [0.29, 0.717) is 0 Å². The minimum absolute atomic E-state index is 1.09. The Morgan fingerprint density at radius 2 is 0.750 bits per heavy atom. The molecule has 0 unspecified atom stereocenters. The van der Waals surface area contributed by atoms with Crippen LogP contribution in [-0.2, 0) is 0 Å².